The van der Waals surface area contributed by atoms with Gasteiger partial charge in [-0.15, -0.1) is 0 Å². The fourth-order valence-corrected chi connectivity index (χ4v) is 2.71. The second kappa shape index (κ2) is 5.86. The minimum absolute atomic E-state index is 0.0668. The Morgan fingerprint density at radius 2 is 2.20 bits per heavy atom. The molecule has 1 heterocycles. The minimum atomic E-state index is -0.858. The maximum absolute atomic E-state index is 13.6. The number of hydrogen-bond donors (Lipinski definition) is 1. The summed E-state index contributed by atoms with van der Waals surface area (Å²) in [5, 5.41) is 20.3. The van der Waals surface area contributed by atoms with E-state index in [1.807, 2.05) is 0 Å². The first-order chi connectivity index (χ1) is 9.38. The third-order valence-electron chi connectivity index (χ3n) is 2.40. The van der Waals surface area contributed by atoms with Crippen LogP contribution in [0.5, 0.6) is 10.8 Å². The molecular formula is C12H9BrFNO4S. The third kappa shape index (κ3) is 3.14. The summed E-state index contributed by atoms with van der Waals surface area (Å²) in [6.45, 7) is 1.49. The molecule has 1 N–H and O–H groups in total. The number of rotatable bonds is 4. The minimum Gasteiger partial charge on any atom is -0.437 e. The highest BCUT2D eigenvalue weighted by Gasteiger charge is 2.23. The van der Waals surface area contributed by atoms with Gasteiger partial charge in [0.05, 0.1) is 11.0 Å². The van der Waals surface area contributed by atoms with Crippen LogP contribution in [0.1, 0.15) is 17.9 Å². The zero-order valence-corrected chi connectivity index (χ0v) is 12.6. The van der Waals surface area contributed by atoms with Gasteiger partial charge in [0.1, 0.15) is 0 Å². The molecule has 2 rings (SSSR count). The van der Waals surface area contributed by atoms with Gasteiger partial charge in [0.2, 0.25) is 0 Å². The molecule has 20 heavy (non-hydrogen) atoms. The molecule has 0 spiro atoms. The van der Waals surface area contributed by atoms with E-state index in [4.69, 9.17) is 4.74 Å². The quantitative estimate of drug-likeness (QED) is 0.646. The number of ether oxygens (including phenoxy) is 1. The Labute approximate surface area is 125 Å². The van der Waals surface area contributed by atoms with E-state index in [1.165, 1.54) is 31.2 Å². The summed E-state index contributed by atoms with van der Waals surface area (Å²) in [6, 6.07) is 5.28. The molecule has 0 aliphatic carbocycles. The summed E-state index contributed by atoms with van der Waals surface area (Å²) in [6.07, 6.45) is -0.858. The molecule has 106 valence electrons. The molecule has 2 aromatic rings. The molecule has 0 bridgehead atoms. The lowest BCUT2D eigenvalue weighted by atomic mass is 10.3. The summed E-state index contributed by atoms with van der Waals surface area (Å²) in [4.78, 5) is 10.7. The molecule has 0 amide bonds. The summed E-state index contributed by atoms with van der Waals surface area (Å²) in [7, 11) is 0. The van der Waals surface area contributed by atoms with Crippen LogP contribution < -0.4 is 4.74 Å². The number of benzene rings is 1. The van der Waals surface area contributed by atoms with Crippen LogP contribution in [0.25, 0.3) is 0 Å². The van der Waals surface area contributed by atoms with Gasteiger partial charge in [-0.2, -0.15) is 0 Å². The van der Waals surface area contributed by atoms with Crippen LogP contribution in [0.4, 0.5) is 10.1 Å². The van der Waals surface area contributed by atoms with Gasteiger partial charge >= 0.3 is 5.69 Å². The van der Waals surface area contributed by atoms with Crippen molar-refractivity contribution in [3.05, 3.63) is 49.5 Å². The van der Waals surface area contributed by atoms with Crippen molar-refractivity contribution in [1.82, 2.24) is 0 Å². The zero-order chi connectivity index (χ0) is 14.9. The van der Waals surface area contributed by atoms with Crippen LogP contribution in [-0.2, 0) is 0 Å². The van der Waals surface area contributed by atoms with Crippen LogP contribution in [0, 0.1) is 15.9 Å². The first kappa shape index (κ1) is 14.9. The number of nitro groups is 1. The molecule has 8 heteroatoms. The topological polar surface area (TPSA) is 72.6 Å². The van der Waals surface area contributed by atoms with Gasteiger partial charge < -0.3 is 9.84 Å². The fraction of sp³-hybridized carbons (Fsp3) is 0.167. The highest BCUT2D eigenvalue weighted by atomic mass is 79.9. The fourth-order valence-electron chi connectivity index (χ4n) is 1.44. The van der Waals surface area contributed by atoms with Crippen LogP contribution in [0.3, 0.4) is 0 Å². The summed E-state index contributed by atoms with van der Waals surface area (Å²) in [5.41, 5.74) is -0.301. The van der Waals surface area contributed by atoms with E-state index in [9.17, 15) is 19.6 Å². The first-order valence-corrected chi connectivity index (χ1v) is 7.08. The highest BCUT2D eigenvalue weighted by molar-refractivity contribution is 9.10. The second-order valence-electron chi connectivity index (χ2n) is 3.93. The number of halogens is 2. The van der Waals surface area contributed by atoms with Crippen molar-refractivity contribution in [2.24, 2.45) is 0 Å². The molecule has 0 aliphatic heterocycles. The van der Waals surface area contributed by atoms with Crippen LogP contribution in [0.15, 0.2) is 28.7 Å². The Balaban J connectivity index is 2.42. The number of aliphatic hydroxyl groups excluding tert-OH is 1. The molecule has 5 nitrogen and oxygen atoms in total. The van der Waals surface area contributed by atoms with Gasteiger partial charge in [-0.3, -0.25) is 10.1 Å². The normalized spacial score (nSPS) is 12.2. The zero-order valence-electron chi connectivity index (χ0n) is 10.2. The summed E-state index contributed by atoms with van der Waals surface area (Å²) < 4.78 is 19.5. The Kier molecular flexibility index (Phi) is 4.36. The van der Waals surface area contributed by atoms with Crippen LogP contribution >= 0.6 is 27.3 Å². The Hall–Kier alpha value is -1.51. The first-order valence-electron chi connectivity index (χ1n) is 5.47. The van der Waals surface area contributed by atoms with Gasteiger partial charge in [0.15, 0.2) is 11.6 Å². The number of hydrogen-bond acceptors (Lipinski definition) is 5. The smallest absolute Gasteiger partial charge is 0.323 e. The predicted molar refractivity (Wildman–Crippen MR) is 75.8 cm³/mol. The van der Waals surface area contributed by atoms with E-state index >= 15 is 0 Å². The molecular weight excluding hydrogens is 353 g/mol. The van der Waals surface area contributed by atoms with Crippen molar-refractivity contribution in [2.75, 3.05) is 0 Å². The number of nitrogens with zero attached hydrogens (tertiary/aromatic N) is 1. The van der Waals surface area contributed by atoms with Crippen molar-refractivity contribution >= 4 is 33.0 Å². The maximum atomic E-state index is 13.6. The average molecular weight is 362 g/mol. The highest BCUT2D eigenvalue weighted by Crippen LogP contribution is 2.42. The van der Waals surface area contributed by atoms with E-state index in [0.29, 0.717) is 9.35 Å². The molecule has 0 radical (unpaired) electrons. The molecule has 0 unspecified atom stereocenters. The largest absolute Gasteiger partial charge is 0.437 e. The van der Waals surface area contributed by atoms with Gasteiger partial charge in [0.25, 0.3) is 5.06 Å². The van der Waals surface area contributed by atoms with Crippen molar-refractivity contribution in [3.8, 4) is 10.8 Å². The SMILES string of the molecule is C[C@H](O)c1cc([N+](=O)[O-])c(Oc2cc(Br)ccc2F)s1. The van der Waals surface area contributed by atoms with Crippen molar-refractivity contribution in [2.45, 2.75) is 13.0 Å². The average Bonchev–Trinajstić information content (AvgIpc) is 2.78. The van der Waals surface area contributed by atoms with E-state index in [-0.39, 0.29) is 16.5 Å². The van der Waals surface area contributed by atoms with E-state index in [0.717, 1.165) is 11.3 Å². The maximum Gasteiger partial charge on any atom is 0.323 e. The van der Waals surface area contributed by atoms with Gasteiger partial charge in [0, 0.05) is 15.4 Å². The summed E-state index contributed by atoms with van der Waals surface area (Å²) in [5.74, 6) is -0.754. The van der Waals surface area contributed by atoms with Crippen LogP contribution in [-0.4, -0.2) is 10.0 Å². The lowest BCUT2D eigenvalue weighted by Crippen LogP contribution is -1.91. The Morgan fingerprint density at radius 3 is 2.80 bits per heavy atom. The second-order valence-corrected chi connectivity index (χ2v) is 5.89. The number of aliphatic hydroxyl groups is 1. The third-order valence-corrected chi connectivity index (χ3v) is 4.07. The molecule has 0 aliphatic rings. The lowest BCUT2D eigenvalue weighted by Gasteiger charge is -2.04. The molecule has 1 aromatic heterocycles. The van der Waals surface area contributed by atoms with Crippen molar-refractivity contribution in [1.29, 1.82) is 0 Å². The van der Waals surface area contributed by atoms with E-state index < -0.39 is 16.8 Å². The van der Waals surface area contributed by atoms with Crippen molar-refractivity contribution in [3.63, 3.8) is 0 Å². The van der Waals surface area contributed by atoms with E-state index in [1.54, 1.807) is 0 Å². The Bertz CT molecular complexity index is 659. The molecule has 0 saturated carbocycles. The Morgan fingerprint density at radius 1 is 1.50 bits per heavy atom. The standard InChI is InChI=1S/C12H9BrFNO4S/c1-6(16)11-5-9(15(17)18)12(20-11)19-10-4-7(13)2-3-8(10)14/h2-6,16H,1H3/t6-/m0/s1. The van der Waals surface area contributed by atoms with Crippen molar-refractivity contribution < 1.29 is 19.2 Å². The van der Waals surface area contributed by atoms with Gasteiger partial charge in [-0.1, -0.05) is 27.3 Å². The van der Waals surface area contributed by atoms with Gasteiger partial charge in [-0.05, 0) is 25.1 Å². The number of thiophene rings is 1. The molecule has 0 fully saturated rings. The molecule has 1 atom stereocenters. The van der Waals surface area contributed by atoms with E-state index in [2.05, 4.69) is 15.9 Å². The molecule has 1 aromatic carbocycles. The lowest BCUT2D eigenvalue weighted by molar-refractivity contribution is -0.385. The monoisotopic (exact) mass is 361 g/mol. The van der Waals surface area contributed by atoms with Crippen LogP contribution in [0.2, 0.25) is 0 Å². The molecule has 0 saturated heterocycles. The predicted octanol–water partition coefficient (Wildman–Crippen LogP) is 4.40. The van der Waals surface area contributed by atoms with Gasteiger partial charge in [-0.25, -0.2) is 4.39 Å². The summed E-state index contributed by atoms with van der Waals surface area (Å²) >= 11 is 4.08.